The Labute approximate surface area is 253 Å². The molecule has 14 heteroatoms. The quantitative estimate of drug-likeness (QED) is 0.288. The van der Waals surface area contributed by atoms with Gasteiger partial charge in [0.05, 0.1) is 21.5 Å². The number of nitrogens with two attached hydrogens (primary N) is 1. The van der Waals surface area contributed by atoms with Crippen molar-refractivity contribution in [2.45, 2.75) is 62.8 Å². The molecule has 7 rings (SSSR count). The lowest BCUT2D eigenvalue weighted by Gasteiger charge is -2.45. The zero-order chi connectivity index (χ0) is 30.4. The van der Waals surface area contributed by atoms with E-state index in [0.29, 0.717) is 51.7 Å². The number of rotatable bonds is 3. The maximum absolute atomic E-state index is 15.1. The van der Waals surface area contributed by atoms with Crippen LogP contribution in [0.3, 0.4) is 0 Å². The average molecular weight is 630 g/mol. The summed E-state index contributed by atoms with van der Waals surface area (Å²) in [5, 5.41) is 2.00. The van der Waals surface area contributed by atoms with Crippen LogP contribution in [-0.2, 0) is 17.5 Å². The molecule has 3 N–H and O–H groups in total. The second kappa shape index (κ2) is 9.74. The standard InChI is InChI=1S/C29H30F3N7O2S2/c1-4-19(40)39-14(2)9-37(10-15(39)3)25-16-8-17(29(30,31)32)20(23-21-18(11-42-23)34-26(33)35-21)24-22(16)38(27(41)36-25)12-28(13-43-24)6-5-7-28/h4,8,11,14-15H,1,5-7,9-10,12-13H2,2-3H3,(H3,33,34,35)/t14-,15+. The van der Waals surface area contributed by atoms with Crippen LogP contribution in [0.5, 0.6) is 0 Å². The van der Waals surface area contributed by atoms with E-state index in [2.05, 4.69) is 21.5 Å². The number of carbonyl (C=O) groups is 1. The summed E-state index contributed by atoms with van der Waals surface area (Å²) in [6.07, 6.45) is -0.620. The number of H-pyrrole nitrogens is 1. The Morgan fingerprint density at radius 3 is 2.58 bits per heavy atom. The maximum Gasteiger partial charge on any atom is 0.417 e. The number of thioether (sulfide) groups is 1. The molecule has 5 heterocycles. The van der Waals surface area contributed by atoms with Crippen LogP contribution in [0.2, 0.25) is 0 Å². The minimum Gasteiger partial charge on any atom is -0.369 e. The maximum atomic E-state index is 15.1. The van der Waals surface area contributed by atoms with E-state index in [9.17, 15) is 9.59 Å². The van der Waals surface area contributed by atoms with Crippen molar-refractivity contribution in [3.63, 3.8) is 0 Å². The van der Waals surface area contributed by atoms with Crippen molar-refractivity contribution < 1.29 is 18.0 Å². The molecule has 1 saturated carbocycles. The monoisotopic (exact) mass is 629 g/mol. The van der Waals surface area contributed by atoms with Crippen molar-refractivity contribution in [1.29, 1.82) is 0 Å². The number of nitrogens with one attached hydrogen (secondary N) is 1. The summed E-state index contributed by atoms with van der Waals surface area (Å²) in [7, 11) is 0. The van der Waals surface area contributed by atoms with Crippen LogP contribution in [0.1, 0.15) is 38.7 Å². The molecule has 4 aromatic rings. The van der Waals surface area contributed by atoms with Crippen molar-refractivity contribution >= 4 is 62.7 Å². The van der Waals surface area contributed by atoms with E-state index in [1.54, 1.807) is 14.8 Å². The van der Waals surface area contributed by atoms with Gasteiger partial charge in [0.15, 0.2) is 5.95 Å². The van der Waals surface area contributed by atoms with E-state index in [1.165, 1.54) is 29.2 Å². The van der Waals surface area contributed by atoms with Crippen molar-refractivity contribution in [2.24, 2.45) is 5.41 Å². The van der Waals surface area contributed by atoms with E-state index in [-0.39, 0.29) is 46.1 Å². The summed E-state index contributed by atoms with van der Waals surface area (Å²) in [5.41, 5.74) is 5.88. The number of thiophene rings is 1. The van der Waals surface area contributed by atoms with E-state index >= 15 is 13.2 Å². The number of halogens is 3. The molecule has 0 bridgehead atoms. The molecule has 43 heavy (non-hydrogen) atoms. The van der Waals surface area contributed by atoms with Gasteiger partial charge in [-0.25, -0.2) is 9.78 Å². The largest absolute Gasteiger partial charge is 0.417 e. The summed E-state index contributed by atoms with van der Waals surface area (Å²) in [6.45, 7) is 8.38. The van der Waals surface area contributed by atoms with Gasteiger partial charge in [-0.05, 0) is 44.2 Å². The summed E-state index contributed by atoms with van der Waals surface area (Å²) < 4.78 is 46.8. The number of anilines is 2. The molecule has 0 unspecified atom stereocenters. The number of alkyl halides is 3. The molecule has 1 amide bonds. The molecule has 226 valence electrons. The Bertz CT molecular complexity index is 1860. The van der Waals surface area contributed by atoms with E-state index in [4.69, 9.17) is 5.73 Å². The van der Waals surface area contributed by atoms with Gasteiger partial charge in [-0.3, -0.25) is 9.36 Å². The van der Waals surface area contributed by atoms with Crippen LogP contribution in [0.15, 0.2) is 33.8 Å². The number of imidazole rings is 1. The van der Waals surface area contributed by atoms with Crippen molar-refractivity contribution in [3.05, 3.63) is 40.1 Å². The van der Waals surface area contributed by atoms with Crippen LogP contribution < -0.4 is 16.3 Å². The number of aromatic amines is 1. The molecule has 1 aliphatic carbocycles. The molecule has 1 aromatic carbocycles. The fraction of sp³-hybridized carbons (Fsp3) is 0.448. The molecular weight excluding hydrogens is 599 g/mol. The fourth-order valence-electron chi connectivity index (χ4n) is 7.01. The number of fused-ring (bicyclic) bond motifs is 1. The molecule has 3 aliphatic rings. The smallest absolute Gasteiger partial charge is 0.369 e. The normalized spacial score (nSPS) is 21.8. The molecule has 2 fully saturated rings. The van der Waals surface area contributed by atoms with Crippen LogP contribution in [0, 0.1) is 5.41 Å². The number of nitrogens with zero attached hydrogens (tertiary/aromatic N) is 5. The number of carbonyl (C=O) groups excluding carboxylic acids is 1. The van der Waals surface area contributed by atoms with Gasteiger partial charge in [0.1, 0.15) is 11.3 Å². The third kappa shape index (κ3) is 4.35. The first-order valence-corrected chi connectivity index (χ1v) is 16.0. The lowest BCUT2D eigenvalue weighted by molar-refractivity contribution is -0.137. The zero-order valence-electron chi connectivity index (χ0n) is 23.6. The van der Waals surface area contributed by atoms with Crippen LogP contribution in [0.4, 0.5) is 24.9 Å². The summed E-state index contributed by atoms with van der Waals surface area (Å²) >= 11 is 2.57. The highest BCUT2D eigenvalue weighted by Crippen LogP contribution is 2.55. The highest BCUT2D eigenvalue weighted by molar-refractivity contribution is 7.99. The molecule has 1 spiro atoms. The van der Waals surface area contributed by atoms with E-state index in [0.717, 1.165) is 25.3 Å². The van der Waals surface area contributed by atoms with Crippen LogP contribution in [0.25, 0.3) is 32.4 Å². The number of hydrogen-bond acceptors (Lipinski definition) is 8. The number of nitrogen functional groups attached to an aromatic ring is 1. The first kappa shape index (κ1) is 28.3. The van der Waals surface area contributed by atoms with Crippen molar-refractivity contribution in [1.82, 2.24) is 24.4 Å². The average Bonchev–Trinajstić information content (AvgIpc) is 3.41. The molecule has 1 saturated heterocycles. The number of amides is 1. The van der Waals surface area contributed by atoms with Gasteiger partial charge in [-0.1, -0.05) is 13.0 Å². The Morgan fingerprint density at radius 2 is 1.95 bits per heavy atom. The Balaban J connectivity index is 1.52. The van der Waals surface area contributed by atoms with Gasteiger partial charge in [0.2, 0.25) is 5.91 Å². The predicted molar refractivity (Wildman–Crippen MR) is 164 cm³/mol. The van der Waals surface area contributed by atoms with Gasteiger partial charge in [0.25, 0.3) is 0 Å². The van der Waals surface area contributed by atoms with Gasteiger partial charge in [-0.2, -0.15) is 18.2 Å². The lowest BCUT2D eigenvalue weighted by atomic mass is 9.70. The van der Waals surface area contributed by atoms with Crippen molar-refractivity contribution in [3.8, 4) is 10.4 Å². The summed E-state index contributed by atoms with van der Waals surface area (Å²) in [4.78, 5) is 42.4. The zero-order valence-corrected chi connectivity index (χ0v) is 25.3. The van der Waals surface area contributed by atoms with Crippen molar-refractivity contribution in [2.75, 3.05) is 29.5 Å². The van der Waals surface area contributed by atoms with E-state index in [1.807, 2.05) is 18.7 Å². The topological polar surface area (TPSA) is 113 Å². The van der Waals surface area contributed by atoms with Crippen LogP contribution >= 0.6 is 23.1 Å². The first-order valence-electron chi connectivity index (χ1n) is 14.1. The van der Waals surface area contributed by atoms with Gasteiger partial charge < -0.3 is 20.5 Å². The third-order valence-corrected chi connectivity index (χ3v) is 11.5. The molecular formula is C29H30F3N7O2S2. The fourth-order valence-corrected chi connectivity index (χ4v) is 9.62. The number of aromatic nitrogens is 4. The van der Waals surface area contributed by atoms with Gasteiger partial charge in [0, 0.05) is 58.7 Å². The second-order valence-corrected chi connectivity index (χ2v) is 13.8. The Morgan fingerprint density at radius 1 is 1.23 bits per heavy atom. The van der Waals surface area contributed by atoms with Crippen LogP contribution in [-0.4, -0.2) is 61.3 Å². The number of benzene rings is 1. The summed E-state index contributed by atoms with van der Waals surface area (Å²) in [5.74, 6) is 0.722. The highest BCUT2D eigenvalue weighted by atomic mass is 32.2. The molecule has 2 aliphatic heterocycles. The minimum absolute atomic E-state index is 0.0290. The predicted octanol–water partition coefficient (Wildman–Crippen LogP) is 5.49. The molecule has 9 nitrogen and oxygen atoms in total. The highest BCUT2D eigenvalue weighted by Gasteiger charge is 2.44. The summed E-state index contributed by atoms with van der Waals surface area (Å²) in [6, 6.07) is 0.605. The molecule has 3 aromatic heterocycles. The lowest BCUT2D eigenvalue weighted by Crippen LogP contribution is -2.58. The minimum atomic E-state index is -4.70. The van der Waals surface area contributed by atoms with E-state index < -0.39 is 17.4 Å². The first-order chi connectivity index (χ1) is 20.4. The SMILES string of the molecule is C=CC(=O)N1[C@H](C)CN(c2nc(=O)n3c4c(c(-c5scc6[nH]c(N)nc56)c(C(F)(F)F)cc24)SCC2(CCC2)C3)C[C@@H]1C. The third-order valence-electron chi connectivity index (χ3n) is 9.07. The Hall–Kier alpha value is -3.52. The van der Waals surface area contributed by atoms with Gasteiger partial charge in [-0.15, -0.1) is 23.1 Å². The molecule has 0 radical (unpaired) electrons. The number of piperazine rings is 1. The second-order valence-electron chi connectivity index (χ2n) is 12.0. The molecule has 2 atom stereocenters. The number of hydrogen-bond donors (Lipinski definition) is 2. The Kier molecular flexibility index (Phi) is 6.40. The van der Waals surface area contributed by atoms with Gasteiger partial charge >= 0.3 is 11.9 Å².